The fourth-order valence-corrected chi connectivity index (χ4v) is 1.83. The summed E-state index contributed by atoms with van der Waals surface area (Å²) in [5.41, 5.74) is 2.20. The van der Waals surface area contributed by atoms with E-state index in [4.69, 9.17) is 9.47 Å². The minimum atomic E-state index is 0.612. The molecule has 0 atom stereocenters. The van der Waals surface area contributed by atoms with E-state index in [1.807, 2.05) is 42.5 Å². The molecule has 0 bridgehead atoms. The van der Waals surface area contributed by atoms with Gasteiger partial charge >= 0.3 is 0 Å². The normalized spacial score (nSPS) is 10.0. The maximum atomic E-state index is 5.63. The number of nitrogens with one attached hydrogen (secondary N) is 1. The standard InChI is InChI=1S/C16H19NO2/c1-13-8-9-16(18-2)15(12-13)17-10-11-19-14-6-4-3-5-7-14/h3-9,12,17H,10-11H2,1-2H3. The summed E-state index contributed by atoms with van der Waals surface area (Å²) in [5.74, 6) is 1.74. The van der Waals surface area contributed by atoms with Gasteiger partial charge in [-0.3, -0.25) is 0 Å². The largest absolute Gasteiger partial charge is 0.495 e. The van der Waals surface area contributed by atoms with Gasteiger partial charge in [0.1, 0.15) is 18.1 Å². The molecule has 0 aromatic heterocycles. The number of aryl methyl sites for hydroxylation is 1. The smallest absolute Gasteiger partial charge is 0.141 e. The quantitative estimate of drug-likeness (QED) is 0.803. The second-order valence-electron chi connectivity index (χ2n) is 4.29. The van der Waals surface area contributed by atoms with Gasteiger partial charge in [-0.2, -0.15) is 0 Å². The fourth-order valence-electron chi connectivity index (χ4n) is 1.83. The number of methoxy groups -OCH3 is 1. The van der Waals surface area contributed by atoms with Gasteiger partial charge < -0.3 is 14.8 Å². The van der Waals surface area contributed by atoms with Crippen LogP contribution in [0.15, 0.2) is 48.5 Å². The van der Waals surface area contributed by atoms with Crippen LogP contribution in [0, 0.1) is 6.92 Å². The number of hydrogen-bond acceptors (Lipinski definition) is 3. The van der Waals surface area contributed by atoms with E-state index < -0.39 is 0 Å². The third-order valence-electron chi connectivity index (χ3n) is 2.78. The lowest BCUT2D eigenvalue weighted by atomic mass is 10.2. The van der Waals surface area contributed by atoms with Crippen LogP contribution in [0.1, 0.15) is 5.56 Å². The summed E-state index contributed by atoms with van der Waals surface area (Å²) in [7, 11) is 1.68. The molecule has 100 valence electrons. The Morgan fingerprint density at radius 1 is 1.05 bits per heavy atom. The second kappa shape index (κ2) is 6.69. The molecule has 0 saturated heterocycles. The van der Waals surface area contributed by atoms with E-state index in [-0.39, 0.29) is 0 Å². The van der Waals surface area contributed by atoms with Crippen LogP contribution < -0.4 is 14.8 Å². The van der Waals surface area contributed by atoms with Gasteiger partial charge in [-0.15, -0.1) is 0 Å². The maximum absolute atomic E-state index is 5.63. The number of hydrogen-bond donors (Lipinski definition) is 1. The highest BCUT2D eigenvalue weighted by molar-refractivity contribution is 5.57. The molecular weight excluding hydrogens is 238 g/mol. The molecule has 0 amide bonds. The van der Waals surface area contributed by atoms with Gasteiger partial charge in [0, 0.05) is 6.54 Å². The lowest BCUT2D eigenvalue weighted by molar-refractivity contribution is 0.332. The summed E-state index contributed by atoms with van der Waals surface area (Å²) in [6.07, 6.45) is 0. The first kappa shape index (κ1) is 13.3. The predicted molar refractivity (Wildman–Crippen MR) is 78.2 cm³/mol. The van der Waals surface area contributed by atoms with Crippen LogP contribution in [-0.2, 0) is 0 Å². The molecule has 0 aliphatic carbocycles. The molecule has 0 heterocycles. The molecule has 0 fully saturated rings. The van der Waals surface area contributed by atoms with Gasteiger partial charge in [-0.05, 0) is 36.8 Å². The van der Waals surface area contributed by atoms with E-state index in [0.717, 1.165) is 23.7 Å². The third kappa shape index (κ3) is 3.91. The van der Waals surface area contributed by atoms with E-state index in [2.05, 4.69) is 18.3 Å². The number of anilines is 1. The molecule has 19 heavy (non-hydrogen) atoms. The van der Waals surface area contributed by atoms with Gasteiger partial charge in [-0.25, -0.2) is 0 Å². The Bertz CT molecular complexity index is 511. The Labute approximate surface area is 114 Å². The number of benzene rings is 2. The van der Waals surface area contributed by atoms with Crippen LogP contribution in [0.4, 0.5) is 5.69 Å². The van der Waals surface area contributed by atoms with Crippen molar-refractivity contribution in [2.45, 2.75) is 6.92 Å². The zero-order valence-corrected chi connectivity index (χ0v) is 11.3. The predicted octanol–water partition coefficient (Wildman–Crippen LogP) is 3.49. The number of para-hydroxylation sites is 1. The Morgan fingerprint density at radius 3 is 2.58 bits per heavy atom. The fraction of sp³-hybridized carbons (Fsp3) is 0.250. The van der Waals surface area contributed by atoms with Crippen molar-refractivity contribution in [3.63, 3.8) is 0 Å². The lowest BCUT2D eigenvalue weighted by Gasteiger charge is -2.12. The summed E-state index contributed by atoms with van der Waals surface area (Å²) in [6, 6.07) is 15.9. The van der Waals surface area contributed by atoms with Crippen LogP contribution in [0.5, 0.6) is 11.5 Å². The van der Waals surface area contributed by atoms with E-state index in [1.54, 1.807) is 7.11 Å². The maximum Gasteiger partial charge on any atom is 0.141 e. The first-order chi connectivity index (χ1) is 9.29. The molecule has 2 aromatic carbocycles. The first-order valence-corrected chi connectivity index (χ1v) is 6.36. The summed E-state index contributed by atoms with van der Waals surface area (Å²) in [5, 5.41) is 3.33. The van der Waals surface area contributed by atoms with Gasteiger partial charge in [0.05, 0.1) is 12.8 Å². The van der Waals surface area contributed by atoms with Crippen molar-refractivity contribution in [3.05, 3.63) is 54.1 Å². The van der Waals surface area contributed by atoms with Crippen molar-refractivity contribution < 1.29 is 9.47 Å². The van der Waals surface area contributed by atoms with Crippen LogP contribution in [0.3, 0.4) is 0 Å². The van der Waals surface area contributed by atoms with E-state index in [1.165, 1.54) is 5.56 Å². The monoisotopic (exact) mass is 257 g/mol. The number of rotatable bonds is 6. The van der Waals surface area contributed by atoms with Crippen molar-refractivity contribution >= 4 is 5.69 Å². The van der Waals surface area contributed by atoms with Crippen molar-refractivity contribution in [2.24, 2.45) is 0 Å². The van der Waals surface area contributed by atoms with Crippen LogP contribution >= 0.6 is 0 Å². The van der Waals surface area contributed by atoms with E-state index in [0.29, 0.717) is 6.61 Å². The molecular formula is C16H19NO2. The lowest BCUT2D eigenvalue weighted by Crippen LogP contribution is -2.12. The molecule has 0 unspecified atom stereocenters. The minimum absolute atomic E-state index is 0.612. The molecule has 2 aromatic rings. The molecule has 0 spiro atoms. The van der Waals surface area contributed by atoms with Crippen molar-refractivity contribution in [1.82, 2.24) is 0 Å². The van der Waals surface area contributed by atoms with Crippen molar-refractivity contribution in [3.8, 4) is 11.5 Å². The summed E-state index contributed by atoms with van der Waals surface area (Å²) in [4.78, 5) is 0. The summed E-state index contributed by atoms with van der Waals surface area (Å²) < 4.78 is 10.9. The van der Waals surface area contributed by atoms with Gasteiger partial charge in [-0.1, -0.05) is 24.3 Å². The van der Waals surface area contributed by atoms with Gasteiger partial charge in [0.2, 0.25) is 0 Å². The highest BCUT2D eigenvalue weighted by atomic mass is 16.5. The first-order valence-electron chi connectivity index (χ1n) is 6.36. The molecule has 0 aliphatic rings. The Kier molecular flexibility index (Phi) is 4.67. The van der Waals surface area contributed by atoms with Crippen LogP contribution in [0.25, 0.3) is 0 Å². The Balaban J connectivity index is 1.84. The summed E-state index contributed by atoms with van der Waals surface area (Å²) in [6.45, 7) is 3.40. The molecule has 2 rings (SSSR count). The molecule has 3 nitrogen and oxygen atoms in total. The topological polar surface area (TPSA) is 30.5 Å². The SMILES string of the molecule is COc1ccc(C)cc1NCCOc1ccccc1. The summed E-state index contributed by atoms with van der Waals surface area (Å²) >= 11 is 0. The van der Waals surface area contributed by atoms with E-state index in [9.17, 15) is 0 Å². The van der Waals surface area contributed by atoms with Gasteiger partial charge in [0.25, 0.3) is 0 Å². The zero-order chi connectivity index (χ0) is 13.5. The van der Waals surface area contributed by atoms with Crippen molar-refractivity contribution in [1.29, 1.82) is 0 Å². The van der Waals surface area contributed by atoms with E-state index >= 15 is 0 Å². The third-order valence-corrected chi connectivity index (χ3v) is 2.78. The van der Waals surface area contributed by atoms with Crippen molar-refractivity contribution in [2.75, 3.05) is 25.6 Å². The van der Waals surface area contributed by atoms with Crippen LogP contribution in [-0.4, -0.2) is 20.3 Å². The molecule has 0 radical (unpaired) electrons. The van der Waals surface area contributed by atoms with Gasteiger partial charge in [0.15, 0.2) is 0 Å². The van der Waals surface area contributed by atoms with Crippen LogP contribution in [0.2, 0.25) is 0 Å². The highest BCUT2D eigenvalue weighted by Gasteiger charge is 2.02. The number of ether oxygens (including phenoxy) is 2. The molecule has 3 heteroatoms. The highest BCUT2D eigenvalue weighted by Crippen LogP contribution is 2.24. The molecule has 0 aliphatic heterocycles. The average molecular weight is 257 g/mol. The molecule has 1 N–H and O–H groups in total. The zero-order valence-electron chi connectivity index (χ0n) is 11.3. The molecule has 0 saturated carbocycles. The Morgan fingerprint density at radius 2 is 1.84 bits per heavy atom. The second-order valence-corrected chi connectivity index (χ2v) is 4.29. The Hall–Kier alpha value is -2.16. The average Bonchev–Trinajstić information content (AvgIpc) is 2.45. The minimum Gasteiger partial charge on any atom is -0.495 e.